The molecule has 0 bridgehead atoms. The third kappa shape index (κ3) is 3.32. The molecule has 1 fully saturated rings. The van der Waals surface area contributed by atoms with Crippen molar-refractivity contribution in [2.45, 2.75) is 18.9 Å². The number of benzene rings is 2. The van der Waals surface area contributed by atoms with Crippen molar-refractivity contribution in [3.05, 3.63) is 65.2 Å². The summed E-state index contributed by atoms with van der Waals surface area (Å²) in [5.41, 5.74) is 3.71. The summed E-state index contributed by atoms with van der Waals surface area (Å²) < 4.78 is 6.59. The summed E-state index contributed by atoms with van der Waals surface area (Å²) in [7, 11) is 0. The molecule has 132 valence electrons. The zero-order valence-corrected chi connectivity index (χ0v) is 14.9. The van der Waals surface area contributed by atoms with Crippen LogP contribution in [0.1, 0.15) is 34.9 Å². The van der Waals surface area contributed by atoms with Gasteiger partial charge in [-0.2, -0.15) is 0 Å². The number of ether oxygens (including phenoxy) is 1. The van der Waals surface area contributed by atoms with Crippen molar-refractivity contribution < 1.29 is 14.3 Å². The SMILES string of the molecule is O=C(O[C@H](C(=O)N1CCCC1)c1ccccc1)c1ccc2ncsc2c1. The lowest BCUT2D eigenvalue weighted by Gasteiger charge is -2.23. The largest absolute Gasteiger partial charge is 0.444 e. The van der Waals surface area contributed by atoms with Gasteiger partial charge in [-0.3, -0.25) is 4.79 Å². The number of carbonyl (C=O) groups is 2. The highest BCUT2D eigenvalue weighted by molar-refractivity contribution is 7.16. The molecule has 26 heavy (non-hydrogen) atoms. The van der Waals surface area contributed by atoms with E-state index in [1.165, 1.54) is 11.3 Å². The maximum Gasteiger partial charge on any atom is 0.339 e. The monoisotopic (exact) mass is 366 g/mol. The predicted molar refractivity (Wildman–Crippen MR) is 100 cm³/mol. The minimum atomic E-state index is -0.918. The normalized spacial score (nSPS) is 15.2. The summed E-state index contributed by atoms with van der Waals surface area (Å²) in [5, 5.41) is 0. The second-order valence-corrected chi connectivity index (χ2v) is 7.15. The first-order valence-corrected chi connectivity index (χ1v) is 9.48. The summed E-state index contributed by atoms with van der Waals surface area (Å²) in [4.78, 5) is 31.6. The van der Waals surface area contributed by atoms with Gasteiger partial charge in [0.25, 0.3) is 5.91 Å². The van der Waals surface area contributed by atoms with Gasteiger partial charge < -0.3 is 9.64 Å². The lowest BCUT2D eigenvalue weighted by Crippen LogP contribution is -2.34. The molecule has 0 radical (unpaired) electrons. The van der Waals surface area contributed by atoms with Crippen molar-refractivity contribution in [2.24, 2.45) is 0 Å². The Kier molecular flexibility index (Phi) is 4.67. The topological polar surface area (TPSA) is 59.5 Å². The molecule has 0 spiro atoms. The number of thiazole rings is 1. The van der Waals surface area contributed by atoms with Crippen LogP contribution in [0.2, 0.25) is 0 Å². The summed E-state index contributed by atoms with van der Waals surface area (Å²) in [5.74, 6) is -0.650. The van der Waals surface area contributed by atoms with Crippen LogP contribution < -0.4 is 0 Å². The van der Waals surface area contributed by atoms with Crippen LogP contribution in [0.5, 0.6) is 0 Å². The second kappa shape index (κ2) is 7.25. The summed E-state index contributed by atoms with van der Waals surface area (Å²) in [6.07, 6.45) is 1.06. The molecule has 0 N–H and O–H groups in total. The van der Waals surface area contributed by atoms with Gasteiger partial charge in [-0.15, -0.1) is 11.3 Å². The van der Waals surface area contributed by atoms with E-state index < -0.39 is 12.1 Å². The van der Waals surface area contributed by atoms with Crippen LogP contribution in [0.3, 0.4) is 0 Å². The van der Waals surface area contributed by atoms with E-state index in [1.807, 2.05) is 30.3 Å². The van der Waals surface area contributed by atoms with Crippen molar-refractivity contribution >= 4 is 33.4 Å². The van der Waals surface area contributed by atoms with E-state index in [1.54, 1.807) is 28.6 Å². The Morgan fingerprint density at radius 2 is 1.85 bits per heavy atom. The zero-order valence-electron chi connectivity index (χ0n) is 14.1. The summed E-state index contributed by atoms with van der Waals surface area (Å²) in [6.45, 7) is 1.43. The Bertz CT molecular complexity index is 932. The smallest absolute Gasteiger partial charge is 0.339 e. The minimum absolute atomic E-state index is 0.152. The number of fused-ring (bicyclic) bond motifs is 1. The molecule has 2 heterocycles. The van der Waals surface area contributed by atoms with E-state index in [4.69, 9.17) is 4.74 Å². The van der Waals surface area contributed by atoms with Crippen molar-refractivity contribution in [2.75, 3.05) is 13.1 Å². The summed E-state index contributed by atoms with van der Waals surface area (Å²) >= 11 is 1.47. The Labute approximate surface area is 155 Å². The van der Waals surface area contributed by atoms with E-state index in [2.05, 4.69) is 4.98 Å². The van der Waals surface area contributed by atoms with Gasteiger partial charge in [0.15, 0.2) is 0 Å². The number of hydrogen-bond donors (Lipinski definition) is 0. The summed E-state index contributed by atoms with van der Waals surface area (Å²) in [6, 6.07) is 14.4. The first-order valence-electron chi connectivity index (χ1n) is 8.60. The molecule has 1 aliphatic heterocycles. The molecule has 1 amide bonds. The average Bonchev–Trinajstić information content (AvgIpc) is 3.37. The molecule has 4 rings (SSSR count). The molecule has 0 unspecified atom stereocenters. The fraction of sp³-hybridized carbons (Fsp3) is 0.250. The molecule has 0 aliphatic carbocycles. The quantitative estimate of drug-likeness (QED) is 0.659. The molecular formula is C20H18N2O3S. The molecular weight excluding hydrogens is 348 g/mol. The van der Waals surface area contributed by atoms with Crippen LogP contribution in [-0.2, 0) is 9.53 Å². The number of aromatic nitrogens is 1. The van der Waals surface area contributed by atoms with Gasteiger partial charge in [-0.25, -0.2) is 9.78 Å². The third-order valence-corrected chi connectivity index (χ3v) is 5.33. The minimum Gasteiger partial charge on any atom is -0.444 e. The molecule has 1 saturated heterocycles. The van der Waals surface area contributed by atoms with Gasteiger partial charge in [0.2, 0.25) is 6.10 Å². The number of amides is 1. The third-order valence-electron chi connectivity index (χ3n) is 4.54. The van der Waals surface area contributed by atoms with Crippen LogP contribution in [0, 0.1) is 0 Å². The number of rotatable bonds is 4. The van der Waals surface area contributed by atoms with Gasteiger partial charge >= 0.3 is 5.97 Å². The van der Waals surface area contributed by atoms with E-state index in [-0.39, 0.29) is 5.91 Å². The molecule has 0 saturated carbocycles. The van der Waals surface area contributed by atoms with Gasteiger partial charge in [0.1, 0.15) is 0 Å². The lowest BCUT2D eigenvalue weighted by molar-refractivity contribution is -0.140. The van der Waals surface area contributed by atoms with Crippen molar-refractivity contribution in [1.29, 1.82) is 0 Å². The Morgan fingerprint density at radius 1 is 1.08 bits per heavy atom. The number of likely N-dealkylation sites (tertiary alicyclic amines) is 1. The lowest BCUT2D eigenvalue weighted by atomic mass is 10.1. The highest BCUT2D eigenvalue weighted by atomic mass is 32.1. The van der Waals surface area contributed by atoms with Crippen LogP contribution >= 0.6 is 11.3 Å². The van der Waals surface area contributed by atoms with Crippen LogP contribution in [0.4, 0.5) is 0 Å². The molecule has 2 aromatic carbocycles. The first kappa shape index (κ1) is 16.7. The number of esters is 1. The molecule has 1 atom stereocenters. The Balaban J connectivity index is 1.60. The van der Waals surface area contributed by atoms with E-state index >= 15 is 0 Å². The van der Waals surface area contributed by atoms with Crippen molar-refractivity contribution in [1.82, 2.24) is 9.88 Å². The maximum absolute atomic E-state index is 12.9. The molecule has 5 nitrogen and oxygen atoms in total. The highest BCUT2D eigenvalue weighted by Crippen LogP contribution is 2.25. The standard InChI is InChI=1S/C20H18N2O3S/c23-19(22-10-4-5-11-22)18(14-6-2-1-3-7-14)25-20(24)15-8-9-16-17(12-15)26-13-21-16/h1-3,6-9,12-13,18H,4-5,10-11H2/t18-/m0/s1. The fourth-order valence-corrected chi connectivity index (χ4v) is 3.87. The average molecular weight is 366 g/mol. The van der Waals surface area contributed by atoms with Gasteiger partial charge in [-0.1, -0.05) is 30.3 Å². The fourth-order valence-electron chi connectivity index (χ4n) is 3.15. The molecule has 6 heteroatoms. The van der Waals surface area contributed by atoms with Gasteiger partial charge in [-0.05, 0) is 31.0 Å². The van der Waals surface area contributed by atoms with E-state index in [0.29, 0.717) is 24.2 Å². The van der Waals surface area contributed by atoms with Gasteiger partial charge in [0, 0.05) is 18.7 Å². The number of nitrogens with zero attached hydrogens (tertiary/aromatic N) is 2. The molecule has 3 aromatic rings. The van der Waals surface area contributed by atoms with Crippen molar-refractivity contribution in [3.63, 3.8) is 0 Å². The predicted octanol–water partition coefficient (Wildman–Crippen LogP) is 3.82. The zero-order chi connectivity index (χ0) is 17.9. The van der Waals surface area contributed by atoms with Crippen molar-refractivity contribution in [3.8, 4) is 0 Å². The van der Waals surface area contributed by atoms with E-state index in [0.717, 1.165) is 23.1 Å². The van der Waals surface area contributed by atoms with Crippen LogP contribution in [-0.4, -0.2) is 34.8 Å². The second-order valence-electron chi connectivity index (χ2n) is 6.26. The molecule has 1 aromatic heterocycles. The van der Waals surface area contributed by atoms with E-state index in [9.17, 15) is 9.59 Å². The number of carbonyl (C=O) groups excluding carboxylic acids is 2. The van der Waals surface area contributed by atoms with Crippen LogP contribution in [0.15, 0.2) is 54.0 Å². The van der Waals surface area contributed by atoms with Crippen LogP contribution in [0.25, 0.3) is 10.2 Å². The van der Waals surface area contributed by atoms with Gasteiger partial charge in [0.05, 0.1) is 21.3 Å². The highest BCUT2D eigenvalue weighted by Gasteiger charge is 2.31. The Morgan fingerprint density at radius 3 is 2.62 bits per heavy atom. The number of hydrogen-bond acceptors (Lipinski definition) is 5. The Hall–Kier alpha value is -2.73. The maximum atomic E-state index is 12.9. The first-order chi connectivity index (χ1) is 12.7. The molecule has 1 aliphatic rings.